The van der Waals surface area contributed by atoms with E-state index in [-0.39, 0.29) is 29.1 Å². The SMILES string of the molecule is CN(C)CCCN(C)CCOC(=O)NCC1(C)CC(NC(=O)OCCN(C)CCCN(C)C)CC(C)(C)C1. The number of rotatable bonds is 17. The molecule has 0 saturated heterocycles. The summed E-state index contributed by atoms with van der Waals surface area (Å²) in [6.07, 6.45) is 4.05. The van der Waals surface area contributed by atoms with E-state index < -0.39 is 0 Å². The van der Waals surface area contributed by atoms with E-state index in [2.05, 4.69) is 86.2 Å². The Morgan fingerprint density at radius 2 is 1.24 bits per heavy atom. The molecule has 2 atom stereocenters. The Bertz CT molecular complexity index is 690. The lowest BCUT2D eigenvalue weighted by Crippen LogP contribution is -2.50. The van der Waals surface area contributed by atoms with Crippen molar-refractivity contribution in [3.8, 4) is 0 Å². The van der Waals surface area contributed by atoms with Gasteiger partial charge in [0.25, 0.3) is 0 Å². The molecule has 0 heterocycles. The number of amides is 2. The Hall–Kier alpha value is -1.62. The van der Waals surface area contributed by atoms with Gasteiger partial charge in [-0.05, 0) is 111 Å². The van der Waals surface area contributed by atoms with E-state index in [1.54, 1.807) is 0 Å². The first kappa shape index (κ1) is 34.4. The average molecular weight is 543 g/mol. The fourth-order valence-electron chi connectivity index (χ4n) is 5.54. The maximum Gasteiger partial charge on any atom is 0.407 e. The van der Waals surface area contributed by atoms with E-state index in [1.807, 2.05) is 7.05 Å². The predicted octanol–water partition coefficient (Wildman–Crippen LogP) is 2.79. The summed E-state index contributed by atoms with van der Waals surface area (Å²) in [6, 6.07) is 0.00251. The van der Waals surface area contributed by atoms with Crippen LogP contribution in [0.2, 0.25) is 0 Å². The molecule has 1 aliphatic rings. The summed E-state index contributed by atoms with van der Waals surface area (Å²) in [5, 5.41) is 6.05. The number of carbonyl (C=O) groups is 2. The van der Waals surface area contributed by atoms with Crippen LogP contribution in [0.3, 0.4) is 0 Å². The molecule has 0 bridgehead atoms. The summed E-state index contributed by atoms with van der Waals surface area (Å²) in [4.78, 5) is 33.6. The molecule has 1 fully saturated rings. The molecule has 0 aromatic heterocycles. The van der Waals surface area contributed by atoms with E-state index in [9.17, 15) is 9.59 Å². The fourth-order valence-corrected chi connectivity index (χ4v) is 5.54. The number of hydrogen-bond donors (Lipinski definition) is 2. The van der Waals surface area contributed by atoms with Crippen LogP contribution in [0.5, 0.6) is 0 Å². The van der Waals surface area contributed by atoms with Crippen molar-refractivity contribution in [2.24, 2.45) is 10.8 Å². The van der Waals surface area contributed by atoms with Gasteiger partial charge in [-0.2, -0.15) is 0 Å². The van der Waals surface area contributed by atoms with Gasteiger partial charge in [0.05, 0.1) is 0 Å². The van der Waals surface area contributed by atoms with Gasteiger partial charge in [-0.3, -0.25) is 0 Å². The summed E-state index contributed by atoms with van der Waals surface area (Å²) in [6.45, 7) is 13.3. The molecule has 38 heavy (non-hydrogen) atoms. The number of nitrogens with one attached hydrogen (secondary N) is 2. The molecular weight excluding hydrogens is 484 g/mol. The van der Waals surface area contributed by atoms with Crippen molar-refractivity contribution in [1.82, 2.24) is 30.2 Å². The first-order chi connectivity index (χ1) is 17.7. The van der Waals surface area contributed by atoms with Crippen LogP contribution in [0.25, 0.3) is 0 Å². The molecule has 1 saturated carbocycles. The van der Waals surface area contributed by atoms with Crippen molar-refractivity contribution < 1.29 is 19.1 Å². The topological polar surface area (TPSA) is 89.6 Å². The van der Waals surface area contributed by atoms with E-state index >= 15 is 0 Å². The highest BCUT2D eigenvalue weighted by Gasteiger charge is 2.42. The van der Waals surface area contributed by atoms with E-state index in [4.69, 9.17) is 9.47 Å². The molecular formula is C28H58N6O4. The monoisotopic (exact) mass is 542 g/mol. The lowest BCUT2D eigenvalue weighted by molar-refractivity contribution is 0.0608. The molecule has 0 aromatic carbocycles. The second-order valence-electron chi connectivity index (χ2n) is 12.9. The fraction of sp³-hybridized carbons (Fsp3) is 0.929. The lowest BCUT2D eigenvalue weighted by Gasteiger charge is -2.46. The predicted molar refractivity (Wildman–Crippen MR) is 155 cm³/mol. The molecule has 2 unspecified atom stereocenters. The van der Waals surface area contributed by atoms with Crippen LogP contribution in [0.15, 0.2) is 0 Å². The molecule has 0 radical (unpaired) electrons. The normalized spacial score (nSPS) is 21.2. The van der Waals surface area contributed by atoms with Gasteiger partial charge in [-0.15, -0.1) is 0 Å². The van der Waals surface area contributed by atoms with Gasteiger partial charge in [0.15, 0.2) is 0 Å². The van der Waals surface area contributed by atoms with E-state index in [0.717, 1.165) is 58.3 Å². The van der Waals surface area contributed by atoms with E-state index in [0.29, 0.717) is 32.8 Å². The first-order valence-corrected chi connectivity index (χ1v) is 14.2. The number of nitrogens with zero attached hydrogens (tertiary/aromatic N) is 4. The maximum absolute atomic E-state index is 12.5. The second-order valence-corrected chi connectivity index (χ2v) is 12.9. The van der Waals surface area contributed by atoms with Crippen LogP contribution in [-0.2, 0) is 9.47 Å². The van der Waals surface area contributed by atoms with Crippen molar-refractivity contribution >= 4 is 12.2 Å². The minimum Gasteiger partial charge on any atom is -0.448 e. The van der Waals surface area contributed by atoms with Crippen molar-refractivity contribution in [3.05, 3.63) is 0 Å². The highest BCUT2D eigenvalue weighted by atomic mass is 16.6. The van der Waals surface area contributed by atoms with Crippen LogP contribution < -0.4 is 10.6 Å². The molecule has 224 valence electrons. The highest BCUT2D eigenvalue weighted by molar-refractivity contribution is 5.68. The third kappa shape index (κ3) is 16.4. The molecule has 0 spiro atoms. The molecule has 0 aromatic rings. The summed E-state index contributed by atoms with van der Waals surface area (Å²) >= 11 is 0. The van der Waals surface area contributed by atoms with Gasteiger partial charge in [0.2, 0.25) is 0 Å². The standard InChI is InChI=1S/C28H58N6O4/c1-27(2)20-24(30-26(36)38-19-17-34(9)15-11-13-32(6)7)21-28(3,22-27)23-29-25(35)37-18-16-33(8)14-10-12-31(4)5/h24H,10-23H2,1-9H3,(H,29,35)(H,30,36). The summed E-state index contributed by atoms with van der Waals surface area (Å²) in [5.41, 5.74) is -0.104. The van der Waals surface area contributed by atoms with Crippen LogP contribution in [0, 0.1) is 10.8 Å². The first-order valence-electron chi connectivity index (χ1n) is 14.2. The van der Waals surface area contributed by atoms with Crippen LogP contribution in [-0.4, -0.2) is 139 Å². The van der Waals surface area contributed by atoms with Crippen molar-refractivity contribution in [3.63, 3.8) is 0 Å². The van der Waals surface area contributed by atoms with Gasteiger partial charge in [-0.1, -0.05) is 20.8 Å². The molecule has 1 rings (SSSR count). The zero-order chi connectivity index (χ0) is 28.8. The van der Waals surface area contributed by atoms with Crippen LogP contribution >= 0.6 is 0 Å². The van der Waals surface area contributed by atoms with Crippen molar-refractivity contribution in [2.45, 2.75) is 58.9 Å². The minimum absolute atomic E-state index is 0.00251. The minimum atomic E-state index is -0.380. The van der Waals surface area contributed by atoms with Crippen LogP contribution in [0.4, 0.5) is 9.59 Å². The van der Waals surface area contributed by atoms with Gasteiger partial charge in [-0.25, -0.2) is 9.59 Å². The number of hydrogen-bond acceptors (Lipinski definition) is 8. The lowest BCUT2D eigenvalue weighted by atomic mass is 9.62. The Balaban J connectivity index is 2.38. The van der Waals surface area contributed by atoms with Crippen molar-refractivity contribution in [1.29, 1.82) is 0 Å². The third-order valence-corrected chi connectivity index (χ3v) is 7.13. The zero-order valence-corrected chi connectivity index (χ0v) is 25.9. The second kappa shape index (κ2) is 17.2. The molecule has 10 heteroatoms. The highest BCUT2D eigenvalue weighted by Crippen LogP contribution is 2.45. The van der Waals surface area contributed by atoms with Gasteiger partial charge in [0.1, 0.15) is 13.2 Å². The largest absolute Gasteiger partial charge is 0.448 e. The zero-order valence-electron chi connectivity index (χ0n) is 25.9. The van der Waals surface area contributed by atoms with Gasteiger partial charge >= 0.3 is 12.2 Å². The van der Waals surface area contributed by atoms with Gasteiger partial charge in [0, 0.05) is 25.7 Å². The molecule has 2 N–H and O–H groups in total. The number of likely N-dealkylation sites (N-methyl/N-ethyl adjacent to an activating group) is 2. The number of alkyl carbamates (subject to hydrolysis) is 2. The third-order valence-electron chi connectivity index (χ3n) is 7.13. The Kier molecular flexibility index (Phi) is 15.5. The Morgan fingerprint density at radius 1 is 0.737 bits per heavy atom. The van der Waals surface area contributed by atoms with E-state index in [1.165, 1.54) is 0 Å². The summed E-state index contributed by atoms with van der Waals surface area (Å²) in [5.74, 6) is 0. The molecule has 1 aliphatic carbocycles. The van der Waals surface area contributed by atoms with Gasteiger partial charge < -0.3 is 39.7 Å². The number of ether oxygens (including phenoxy) is 2. The number of carbonyl (C=O) groups excluding carboxylic acids is 2. The summed E-state index contributed by atoms with van der Waals surface area (Å²) < 4.78 is 10.9. The molecule has 10 nitrogen and oxygen atoms in total. The Morgan fingerprint density at radius 3 is 1.74 bits per heavy atom. The van der Waals surface area contributed by atoms with Crippen LogP contribution in [0.1, 0.15) is 52.9 Å². The summed E-state index contributed by atoms with van der Waals surface area (Å²) in [7, 11) is 12.4. The van der Waals surface area contributed by atoms with Crippen molar-refractivity contribution in [2.75, 3.05) is 101 Å². The quantitative estimate of drug-likeness (QED) is 0.290. The molecule has 0 aliphatic heterocycles. The smallest absolute Gasteiger partial charge is 0.407 e. The molecule has 2 amide bonds. The average Bonchev–Trinajstić information content (AvgIpc) is 2.76. The maximum atomic E-state index is 12.5. The Labute approximate surface area is 232 Å².